The molecule has 8 nitrogen and oxygen atoms in total. The fourth-order valence-electron chi connectivity index (χ4n) is 3.34. The Morgan fingerprint density at radius 3 is 2.27 bits per heavy atom. The molecule has 0 aliphatic rings. The van der Waals surface area contributed by atoms with Crippen molar-refractivity contribution < 1.29 is 9.59 Å². The van der Waals surface area contributed by atoms with Crippen molar-refractivity contribution in [3.8, 4) is 5.69 Å². The van der Waals surface area contributed by atoms with Gasteiger partial charge in [-0.25, -0.2) is 4.68 Å². The van der Waals surface area contributed by atoms with Crippen LogP contribution in [0.4, 0.5) is 0 Å². The van der Waals surface area contributed by atoms with Gasteiger partial charge in [-0.1, -0.05) is 12.1 Å². The quantitative estimate of drug-likeness (QED) is 0.625. The Bertz CT molecular complexity index is 1190. The van der Waals surface area contributed by atoms with Crippen molar-refractivity contribution in [3.63, 3.8) is 0 Å². The van der Waals surface area contributed by atoms with Gasteiger partial charge in [-0.2, -0.15) is 5.10 Å². The predicted octanol–water partition coefficient (Wildman–Crippen LogP) is 3.42. The summed E-state index contributed by atoms with van der Waals surface area (Å²) < 4.78 is 3.47. The lowest BCUT2D eigenvalue weighted by molar-refractivity contribution is 0.0782. The van der Waals surface area contributed by atoms with Crippen molar-refractivity contribution in [1.29, 1.82) is 0 Å². The minimum atomic E-state index is -0.570. The Kier molecular flexibility index (Phi) is 6.86. The smallest absolute Gasteiger partial charge is 0.259 e. The van der Waals surface area contributed by atoms with Crippen LogP contribution in [0.25, 0.3) is 5.69 Å². The fraction of sp³-hybridized carbons (Fsp3) is 0.360. The first-order valence-electron chi connectivity index (χ1n) is 10.9. The number of rotatable bonds is 6. The summed E-state index contributed by atoms with van der Waals surface area (Å²) in [6, 6.07) is 9.49. The van der Waals surface area contributed by atoms with Crippen molar-refractivity contribution >= 4 is 11.8 Å². The molecule has 33 heavy (non-hydrogen) atoms. The second-order valence-electron chi connectivity index (χ2n) is 9.44. The maximum Gasteiger partial charge on any atom is 0.259 e. The molecule has 0 radical (unpaired) electrons. The van der Waals surface area contributed by atoms with Gasteiger partial charge >= 0.3 is 0 Å². The highest BCUT2D eigenvalue weighted by atomic mass is 16.2. The van der Waals surface area contributed by atoms with E-state index < -0.39 is 22.8 Å². The van der Waals surface area contributed by atoms with Crippen LogP contribution in [0.15, 0.2) is 59.9 Å². The molecule has 174 valence electrons. The van der Waals surface area contributed by atoms with Gasteiger partial charge in [0.15, 0.2) is 0 Å². The van der Waals surface area contributed by atoms with Gasteiger partial charge in [0.25, 0.3) is 11.8 Å². The molecule has 0 saturated heterocycles. The van der Waals surface area contributed by atoms with E-state index in [1.807, 2.05) is 71.1 Å². The van der Waals surface area contributed by atoms with Crippen LogP contribution in [0.1, 0.15) is 66.9 Å². The number of nitrogens with one attached hydrogen (secondary N) is 1. The zero-order chi connectivity index (χ0) is 24.3. The molecule has 1 N–H and O–H groups in total. The van der Waals surface area contributed by atoms with E-state index >= 15 is 0 Å². The van der Waals surface area contributed by atoms with Gasteiger partial charge in [0.05, 0.1) is 5.69 Å². The Hall–Kier alpha value is -3.68. The van der Waals surface area contributed by atoms with Gasteiger partial charge in [-0.3, -0.25) is 14.4 Å². The minimum absolute atomic E-state index is 0.0269. The van der Waals surface area contributed by atoms with E-state index in [1.54, 1.807) is 22.5 Å². The van der Waals surface area contributed by atoms with E-state index in [-0.39, 0.29) is 17.2 Å². The van der Waals surface area contributed by atoms with Crippen LogP contribution < -0.4 is 10.7 Å². The molecule has 0 atom stereocenters. The van der Waals surface area contributed by atoms with Gasteiger partial charge in [0.1, 0.15) is 11.1 Å². The number of hydrogen-bond acceptors (Lipinski definition) is 4. The third-order valence-electron chi connectivity index (χ3n) is 5.08. The molecule has 2 aromatic heterocycles. The first-order valence-corrected chi connectivity index (χ1v) is 10.9. The lowest BCUT2D eigenvalue weighted by Gasteiger charge is -2.22. The van der Waals surface area contributed by atoms with E-state index in [0.29, 0.717) is 6.54 Å². The highest BCUT2D eigenvalue weighted by molar-refractivity contribution is 5.99. The second-order valence-corrected chi connectivity index (χ2v) is 9.44. The molecule has 0 aliphatic carbocycles. The number of aromatic nitrogens is 3. The normalized spacial score (nSPS) is 11.5. The molecule has 0 saturated carbocycles. The summed E-state index contributed by atoms with van der Waals surface area (Å²) in [4.78, 5) is 40.6. The molecule has 8 heteroatoms. The molecule has 0 fully saturated rings. The molecular formula is C25H31N5O3. The minimum Gasteiger partial charge on any atom is -0.350 e. The summed E-state index contributed by atoms with van der Waals surface area (Å²) >= 11 is 0. The van der Waals surface area contributed by atoms with Crippen LogP contribution >= 0.6 is 0 Å². The molecule has 3 rings (SSSR count). The summed E-state index contributed by atoms with van der Waals surface area (Å²) in [6.07, 6.45) is 6.60. The van der Waals surface area contributed by atoms with Gasteiger partial charge in [0, 0.05) is 50.0 Å². The van der Waals surface area contributed by atoms with Crippen LogP contribution in [0.2, 0.25) is 0 Å². The van der Waals surface area contributed by atoms with Crippen molar-refractivity contribution in [2.75, 3.05) is 7.05 Å². The van der Waals surface area contributed by atoms with Crippen LogP contribution in [-0.4, -0.2) is 43.6 Å². The third-order valence-corrected chi connectivity index (χ3v) is 5.08. The van der Waals surface area contributed by atoms with E-state index in [2.05, 4.69) is 10.4 Å². The van der Waals surface area contributed by atoms with E-state index in [1.165, 1.54) is 17.3 Å². The average Bonchev–Trinajstić information content (AvgIpc) is 3.27. The van der Waals surface area contributed by atoms with E-state index in [9.17, 15) is 14.4 Å². The molecule has 0 aliphatic heterocycles. The number of amides is 2. The molecule has 0 unspecified atom stereocenters. The van der Waals surface area contributed by atoms with Gasteiger partial charge in [0.2, 0.25) is 5.43 Å². The highest BCUT2D eigenvalue weighted by Crippen LogP contribution is 2.13. The number of nitrogens with zero attached hydrogens (tertiary/aromatic N) is 4. The lowest BCUT2D eigenvalue weighted by Crippen LogP contribution is -2.43. The molecular weight excluding hydrogens is 418 g/mol. The zero-order valence-electron chi connectivity index (χ0n) is 20.0. The van der Waals surface area contributed by atoms with Gasteiger partial charge in [-0.05, 0) is 58.4 Å². The monoisotopic (exact) mass is 449 g/mol. The Balaban J connectivity index is 1.87. The number of hydrogen-bond donors (Lipinski definition) is 1. The number of carbonyl (C=O) groups excluding carboxylic acids is 2. The van der Waals surface area contributed by atoms with Crippen molar-refractivity contribution in [3.05, 3.63) is 82.0 Å². The van der Waals surface area contributed by atoms with Crippen LogP contribution in [0.5, 0.6) is 0 Å². The van der Waals surface area contributed by atoms with Crippen LogP contribution in [0, 0.1) is 0 Å². The molecule has 3 aromatic rings. The summed E-state index contributed by atoms with van der Waals surface area (Å²) in [7, 11) is 1.64. The summed E-state index contributed by atoms with van der Waals surface area (Å²) in [6.45, 7) is 9.69. The summed E-state index contributed by atoms with van der Waals surface area (Å²) in [5, 5.41) is 7.01. The second kappa shape index (κ2) is 9.44. The first-order chi connectivity index (χ1) is 15.5. The Morgan fingerprint density at radius 1 is 1.09 bits per heavy atom. The number of carbonyl (C=O) groups is 2. The topological polar surface area (TPSA) is 89.2 Å². The average molecular weight is 450 g/mol. The van der Waals surface area contributed by atoms with Gasteiger partial charge in [-0.15, -0.1) is 0 Å². The maximum absolute atomic E-state index is 13.2. The lowest BCUT2D eigenvalue weighted by atomic mass is 10.1. The third kappa shape index (κ3) is 5.77. The van der Waals surface area contributed by atoms with Crippen molar-refractivity contribution in [2.24, 2.45) is 0 Å². The van der Waals surface area contributed by atoms with Crippen LogP contribution in [-0.2, 0) is 6.54 Å². The number of pyridine rings is 1. The van der Waals surface area contributed by atoms with Crippen molar-refractivity contribution in [2.45, 2.75) is 52.7 Å². The Morgan fingerprint density at radius 2 is 1.73 bits per heavy atom. The highest BCUT2D eigenvalue weighted by Gasteiger charge is 2.24. The van der Waals surface area contributed by atoms with Gasteiger partial charge < -0.3 is 14.8 Å². The van der Waals surface area contributed by atoms with E-state index in [4.69, 9.17) is 0 Å². The Labute approximate surface area is 193 Å². The summed E-state index contributed by atoms with van der Waals surface area (Å²) in [5.74, 6) is -0.927. The predicted molar refractivity (Wildman–Crippen MR) is 128 cm³/mol. The molecule has 2 amide bonds. The summed E-state index contributed by atoms with van der Waals surface area (Å²) in [5.41, 5.74) is 0.676. The molecule has 0 bridgehead atoms. The zero-order valence-corrected chi connectivity index (χ0v) is 20.0. The SMILES string of the molecule is CC(C)n1cc(C(=O)NC(C)(C)C)c(=O)c(C(=O)N(C)Cc2ccc(-n3cccn3)cc2)c1. The van der Waals surface area contributed by atoms with E-state index in [0.717, 1.165) is 11.3 Å². The first kappa shape index (κ1) is 24.0. The largest absolute Gasteiger partial charge is 0.350 e. The number of benzene rings is 1. The fourth-order valence-corrected chi connectivity index (χ4v) is 3.34. The van der Waals surface area contributed by atoms with Crippen LogP contribution in [0.3, 0.4) is 0 Å². The molecule has 2 heterocycles. The molecule has 1 aromatic carbocycles. The van der Waals surface area contributed by atoms with Crippen molar-refractivity contribution in [1.82, 2.24) is 24.6 Å². The molecule has 0 spiro atoms. The maximum atomic E-state index is 13.2. The standard InChI is InChI=1S/C25H31N5O3/c1-17(2)29-15-20(23(32)27-25(3,4)5)22(31)21(16-29)24(33)28(6)14-18-8-10-19(11-9-18)30-13-7-12-26-30/h7-13,15-17H,14H2,1-6H3,(H,27,32).